The number of para-hydroxylation sites is 1. The molecule has 0 aliphatic heterocycles. The standard InChI is InChI=1S/C16H21NO2S/c1-4-10-17-11-15(12-8-6-7-9-13(12)17)20-14(5-2)16(18)19-3/h6-9,11,14H,4-5,10H2,1-3H3. The number of fused-ring (bicyclic) bond motifs is 1. The van der Waals surface area contributed by atoms with Gasteiger partial charge >= 0.3 is 5.97 Å². The maximum atomic E-state index is 11.8. The van der Waals surface area contributed by atoms with Crippen LogP contribution in [0.2, 0.25) is 0 Å². The molecule has 0 fully saturated rings. The monoisotopic (exact) mass is 291 g/mol. The Kier molecular flexibility index (Phi) is 5.12. The van der Waals surface area contributed by atoms with Gasteiger partial charge in [-0.2, -0.15) is 0 Å². The highest BCUT2D eigenvalue weighted by Crippen LogP contribution is 2.34. The Morgan fingerprint density at radius 3 is 2.75 bits per heavy atom. The fourth-order valence-electron chi connectivity index (χ4n) is 2.32. The zero-order chi connectivity index (χ0) is 14.5. The van der Waals surface area contributed by atoms with E-state index in [0.29, 0.717) is 0 Å². The maximum absolute atomic E-state index is 11.8. The van der Waals surface area contributed by atoms with E-state index in [1.165, 1.54) is 18.0 Å². The quantitative estimate of drug-likeness (QED) is 0.593. The summed E-state index contributed by atoms with van der Waals surface area (Å²) in [6, 6.07) is 8.35. The molecule has 0 amide bonds. The molecule has 0 saturated heterocycles. The summed E-state index contributed by atoms with van der Waals surface area (Å²) in [5.74, 6) is -0.148. The van der Waals surface area contributed by atoms with Crippen molar-refractivity contribution in [3.05, 3.63) is 30.5 Å². The fourth-order valence-corrected chi connectivity index (χ4v) is 3.47. The molecule has 1 heterocycles. The third kappa shape index (κ3) is 3.01. The van der Waals surface area contributed by atoms with Gasteiger partial charge in [-0.1, -0.05) is 32.0 Å². The SMILES string of the molecule is CCCn1cc(SC(CC)C(=O)OC)c2ccccc21. The van der Waals surface area contributed by atoms with Crippen molar-refractivity contribution in [2.24, 2.45) is 0 Å². The molecule has 108 valence electrons. The first-order chi connectivity index (χ1) is 9.71. The van der Waals surface area contributed by atoms with Gasteiger partial charge in [0.15, 0.2) is 0 Å². The first kappa shape index (κ1) is 15.0. The topological polar surface area (TPSA) is 31.2 Å². The van der Waals surface area contributed by atoms with Crippen LogP contribution in [0.25, 0.3) is 10.9 Å². The highest BCUT2D eigenvalue weighted by atomic mass is 32.2. The van der Waals surface area contributed by atoms with Crippen molar-refractivity contribution in [2.45, 2.75) is 43.4 Å². The van der Waals surface area contributed by atoms with Crippen LogP contribution in [0, 0.1) is 0 Å². The lowest BCUT2D eigenvalue weighted by atomic mass is 10.2. The largest absolute Gasteiger partial charge is 0.468 e. The zero-order valence-electron chi connectivity index (χ0n) is 12.3. The van der Waals surface area contributed by atoms with Crippen LogP contribution in [0.3, 0.4) is 0 Å². The number of hydrogen-bond acceptors (Lipinski definition) is 3. The summed E-state index contributed by atoms with van der Waals surface area (Å²) in [4.78, 5) is 12.9. The molecule has 0 aliphatic rings. The summed E-state index contributed by atoms with van der Waals surface area (Å²) >= 11 is 1.60. The first-order valence-corrected chi connectivity index (χ1v) is 7.91. The lowest BCUT2D eigenvalue weighted by Crippen LogP contribution is -2.17. The Bertz CT molecular complexity index is 591. The molecule has 1 aromatic carbocycles. The second-order valence-electron chi connectivity index (χ2n) is 4.74. The van der Waals surface area contributed by atoms with E-state index in [9.17, 15) is 4.79 Å². The molecule has 4 heteroatoms. The number of esters is 1. The van der Waals surface area contributed by atoms with Gasteiger partial charge in [0.2, 0.25) is 0 Å². The van der Waals surface area contributed by atoms with E-state index in [4.69, 9.17) is 4.74 Å². The van der Waals surface area contributed by atoms with Crippen molar-refractivity contribution < 1.29 is 9.53 Å². The van der Waals surface area contributed by atoms with Gasteiger partial charge < -0.3 is 9.30 Å². The summed E-state index contributed by atoms with van der Waals surface area (Å²) in [7, 11) is 1.45. The van der Waals surface area contributed by atoms with Crippen LogP contribution in [-0.2, 0) is 16.1 Å². The van der Waals surface area contributed by atoms with E-state index < -0.39 is 0 Å². The van der Waals surface area contributed by atoms with Gasteiger partial charge in [-0.15, -0.1) is 11.8 Å². The van der Waals surface area contributed by atoms with Crippen LogP contribution in [0.15, 0.2) is 35.4 Å². The van der Waals surface area contributed by atoms with E-state index in [-0.39, 0.29) is 11.2 Å². The summed E-state index contributed by atoms with van der Waals surface area (Å²) in [6.07, 6.45) is 4.02. The molecule has 0 spiro atoms. The van der Waals surface area contributed by atoms with Gasteiger partial charge in [0.25, 0.3) is 0 Å². The molecule has 1 atom stereocenters. The van der Waals surface area contributed by atoms with Gasteiger partial charge in [0.1, 0.15) is 5.25 Å². The number of ether oxygens (including phenoxy) is 1. The maximum Gasteiger partial charge on any atom is 0.319 e. The van der Waals surface area contributed by atoms with Crippen LogP contribution in [-0.4, -0.2) is 22.9 Å². The molecule has 0 bridgehead atoms. The van der Waals surface area contributed by atoms with Crippen molar-refractivity contribution in [1.82, 2.24) is 4.57 Å². The Labute approximate surface area is 124 Å². The van der Waals surface area contributed by atoms with Gasteiger partial charge in [-0.25, -0.2) is 0 Å². The van der Waals surface area contributed by atoms with Crippen LogP contribution < -0.4 is 0 Å². The number of aromatic nitrogens is 1. The number of carbonyl (C=O) groups excluding carboxylic acids is 1. The van der Waals surface area contributed by atoms with Crippen molar-refractivity contribution in [1.29, 1.82) is 0 Å². The normalized spacial score (nSPS) is 12.6. The number of hydrogen-bond donors (Lipinski definition) is 0. The highest BCUT2D eigenvalue weighted by molar-refractivity contribution is 8.00. The second kappa shape index (κ2) is 6.84. The van der Waals surface area contributed by atoms with E-state index in [1.807, 2.05) is 13.0 Å². The van der Waals surface area contributed by atoms with Gasteiger partial charge in [-0.3, -0.25) is 4.79 Å². The molecule has 1 aromatic heterocycles. The first-order valence-electron chi connectivity index (χ1n) is 7.03. The summed E-state index contributed by atoms with van der Waals surface area (Å²) in [5.41, 5.74) is 1.23. The van der Waals surface area contributed by atoms with Crippen molar-refractivity contribution >= 4 is 28.6 Å². The third-order valence-electron chi connectivity index (χ3n) is 3.32. The van der Waals surface area contributed by atoms with Crippen LogP contribution in [0.1, 0.15) is 26.7 Å². The molecule has 2 rings (SSSR count). The van der Waals surface area contributed by atoms with E-state index in [2.05, 4.69) is 35.9 Å². The number of carbonyl (C=O) groups is 1. The molecule has 3 nitrogen and oxygen atoms in total. The Morgan fingerprint density at radius 2 is 2.10 bits per heavy atom. The number of rotatable bonds is 6. The van der Waals surface area contributed by atoms with Gasteiger partial charge in [0.05, 0.1) is 7.11 Å². The molecule has 0 saturated carbocycles. The van der Waals surface area contributed by atoms with Crippen molar-refractivity contribution in [3.8, 4) is 0 Å². The van der Waals surface area contributed by atoms with Crippen molar-refractivity contribution in [3.63, 3.8) is 0 Å². The minimum atomic E-state index is -0.148. The molecular formula is C16H21NO2S. The predicted molar refractivity (Wildman–Crippen MR) is 84.2 cm³/mol. The lowest BCUT2D eigenvalue weighted by molar-refractivity contribution is -0.140. The fraction of sp³-hybridized carbons (Fsp3) is 0.438. The molecule has 20 heavy (non-hydrogen) atoms. The molecule has 0 aliphatic carbocycles. The summed E-state index contributed by atoms with van der Waals surface area (Å²) in [5, 5.41) is 1.08. The average molecular weight is 291 g/mol. The van der Waals surface area contributed by atoms with Crippen LogP contribution in [0.4, 0.5) is 0 Å². The minimum Gasteiger partial charge on any atom is -0.468 e. The number of thioether (sulfide) groups is 1. The number of methoxy groups -OCH3 is 1. The van der Waals surface area contributed by atoms with Crippen LogP contribution >= 0.6 is 11.8 Å². The van der Waals surface area contributed by atoms with Gasteiger partial charge in [0, 0.05) is 28.5 Å². The van der Waals surface area contributed by atoms with E-state index in [1.54, 1.807) is 11.8 Å². The molecule has 1 unspecified atom stereocenters. The molecule has 0 radical (unpaired) electrons. The minimum absolute atomic E-state index is 0.138. The Balaban J connectivity index is 2.36. The second-order valence-corrected chi connectivity index (χ2v) is 5.99. The number of nitrogens with zero attached hydrogens (tertiary/aromatic N) is 1. The van der Waals surface area contributed by atoms with Crippen LogP contribution in [0.5, 0.6) is 0 Å². The van der Waals surface area contributed by atoms with Crippen molar-refractivity contribution in [2.75, 3.05) is 7.11 Å². The smallest absolute Gasteiger partial charge is 0.319 e. The molecule has 0 N–H and O–H groups in total. The molecular weight excluding hydrogens is 270 g/mol. The zero-order valence-corrected chi connectivity index (χ0v) is 13.1. The Hall–Kier alpha value is -1.42. The van der Waals surface area contributed by atoms with E-state index >= 15 is 0 Å². The third-order valence-corrected chi connectivity index (χ3v) is 4.71. The summed E-state index contributed by atoms with van der Waals surface area (Å²) in [6.45, 7) is 5.18. The Morgan fingerprint density at radius 1 is 1.35 bits per heavy atom. The van der Waals surface area contributed by atoms with E-state index in [0.717, 1.165) is 24.3 Å². The predicted octanol–water partition coefficient (Wildman–Crippen LogP) is 4.10. The molecule has 2 aromatic rings. The highest BCUT2D eigenvalue weighted by Gasteiger charge is 2.20. The number of aryl methyl sites for hydroxylation is 1. The van der Waals surface area contributed by atoms with Gasteiger partial charge in [-0.05, 0) is 18.9 Å². The average Bonchev–Trinajstić information content (AvgIpc) is 2.83. The summed E-state index contributed by atoms with van der Waals surface area (Å²) < 4.78 is 7.14. The number of benzene rings is 1. The lowest BCUT2D eigenvalue weighted by Gasteiger charge is -2.10.